The molecule has 19 heavy (non-hydrogen) atoms. The number of rotatable bonds is 2. The van der Waals surface area contributed by atoms with Gasteiger partial charge in [0.15, 0.2) is 0 Å². The van der Waals surface area contributed by atoms with Crippen LogP contribution in [0.2, 0.25) is 0 Å². The molecule has 6 heteroatoms. The minimum atomic E-state index is -0.381. The third-order valence-corrected chi connectivity index (χ3v) is 3.26. The van der Waals surface area contributed by atoms with Crippen LogP contribution >= 0.6 is 0 Å². The zero-order chi connectivity index (χ0) is 13.4. The van der Waals surface area contributed by atoms with Gasteiger partial charge in [0.05, 0.1) is 12.1 Å². The Morgan fingerprint density at radius 3 is 3.00 bits per heavy atom. The average Bonchev–Trinajstić information content (AvgIpc) is 3.01. The number of aliphatic hydroxyl groups excluding tert-OH is 1. The summed E-state index contributed by atoms with van der Waals surface area (Å²) in [6.07, 6.45) is 0.179. The van der Waals surface area contributed by atoms with Crippen molar-refractivity contribution >= 4 is 0 Å². The number of aryl methyl sites for hydroxylation is 1. The molecule has 0 saturated carbocycles. The van der Waals surface area contributed by atoms with E-state index in [0.29, 0.717) is 35.8 Å². The lowest BCUT2D eigenvalue weighted by Crippen LogP contribution is -2.15. The van der Waals surface area contributed by atoms with Crippen molar-refractivity contribution in [1.82, 2.24) is 15.5 Å². The molecule has 0 radical (unpaired) electrons. The van der Waals surface area contributed by atoms with Gasteiger partial charge < -0.3 is 14.9 Å². The van der Waals surface area contributed by atoms with Gasteiger partial charge in [0.25, 0.3) is 0 Å². The van der Waals surface area contributed by atoms with Crippen LogP contribution in [0.25, 0.3) is 11.4 Å². The van der Waals surface area contributed by atoms with Gasteiger partial charge >= 0.3 is 0 Å². The molecule has 1 aromatic heterocycles. The summed E-state index contributed by atoms with van der Waals surface area (Å²) in [5, 5.41) is 16.5. The smallest absolute Gasteiger partial charge is 0.244 e. The van der Waals surface area contributed by atoms with Crippen LogP contribution in [0.4, 0.5) is 4.39 Å². The van der Waals surface area contributed by atoms with E-state index in [0.717, 1.165) is 0 Å². The molecule has 1 fully saturated rings. The number of nitrogens with one attached hydrogen (secondary N) is 1. The fraction of sp³-hybridized carbons (Fsp3) is 0.385. The van der Waals surface area contributed by atoms with Gasteiger partial charge in [-0.3, -0.25) is 0 Å². The zero-order valence-corrected chi connectivity index (χ0v) is 10.4. The van der Waals surface area contributed by atoms with Crippen molar-refractivity contribution in [3.63, 3.8) is 0 Å². The van der Waals surface area contributed by atoms with Crippen molar-refractivity contribution < 1.29 is 14.0 Å². The number of halogens is 1. The molecular weight excluding hydrogens is 249 g/mol. The normalized spacial score (nSPS) is 22.9. The fourth-order valence-electron chi connectivity index (χ4n) is 2.18. The number of hydrogen-bond donors (Lipinski definition) is 2. The van der Waals surface area contributed by atoms with E-state index in [1.165, 1.54) is 6.07 Å². The van der Waals surface area contributed by atoms with Crippen molar-refractivity contribution in [2.24, 2.45) is 0 Å². The topological polar surface area (TPSA) is 71.2 Å². The van der Waals surface area contributed by atoms with Gasteiger partial charge in [-0.05, 0) is 37.1 Å². The van der Waals surface area contributed by atoms with E-state index in [9.17, 15) is 9.50 Å². The average molecular weight is 263 g/mol. The van der Waals surface area contributed by atoms with Crippen LogP contribution in [0, 0.1) is 12.7 Å². The van der Waals surface area contributed by atoms with Gasteiger partial charge in [-0.25, -0.2) is 4.39 Å². The molecule has 0 unspecified atom stereocenters. The van der Waals surface area contributed by atoms with Gasteiger partial charge in [-0.15, -0.1) is 0 Å². The molecule has 100 valence electrons. The minimum absolute atomic E-state index is 0.113. The number of aliphatic hydroxyl groups is 1. The summed E-state index contributed by atoms with van der Waals surface area (Å²) in [6.45, 7) is 2.22. The summed E-state index contributed by atoms with van der Waals surface area (Å²) >= 11 is 0. The SMILES string of the molecule is Cc1cc(-c2noc([C@H]3C[C@H](O)CN3)n2)ccc1F. The first kappa shape index (κ1) is 12.3. The Morgan fingerprint density at radius 2 is 2.32 bits per heavy atom. The first-order valence-corrected chi connectivity index (χ1v) is 6.15. The second kappa shape index (κ2) is 4.71. The van der Waals surface area contributed by atoms with E-state index in [1.807, 2.05) is 0 Å². The third-order valence-electron chi connectivity index (χ3n) is 3.26. The predicted octanol–water partition coefficient (Wildman–Crippen LogP) is 1.58. The lowest BCUT2D eigenvalue weighted by Gasteiger charge is -2.01. The van der Waals surface area contributed by atoms with Gasteiger partial charge in [-0.1, -0.05) is 5.16 Å². The van der Waals surface area contributed by atoms with Crippen LogP contribution in [0.3, 0.4) is 0 Å². The Labute approximate surface area is 109 Å². The molecule has 2 heterocycles. The Kier molecular flexibility index (Phi) is 3.04. The second-order valence-corrected chi connectivity index (χ2v) is 4.77. The predicted molar refractivity (Wildman–Crippen MR) is 65.8 cm³/mol. The Morgan fingerprint density at radius 1 is 1.47 bits per heavy atom. The molecule has 2 atom stereocenters. The van der Waals surface area contributed by atoms with Crippen molar-refractivity contribution in [2.75, 3.05) is 6.54 Å². The molecule has 5 nitrogen and oxygen atoms in total. The molecule has 0 spiro atoms. The van der Waals surface area contributed by atoms with E-state index in [4.69, 9.17) is 4.52 Å². The molecular formula is C13H14FN3O2. The summed E-state index contributed by atoms with van der Waals surface area (Å²) < 4.78 is 18.4. The lowest BCUT2D eigenvalue weighted by atomic mass is 10.1. The number of aromatic nitrogens is 2. The molecule has 1 aliphatic heterocycles. The molecule has 1 aromatic carbocycles. The summed E-state index contributed by atoms with van der Waals surface area (Å²) in [6, 6.07) is 4.57. The second-order valence-electron chi connectivity index (χ2n) is 4.77. The van der Waals surface area contributed by atoms with E-state index in [-0.39, 0.29) is 18.0 Å². The third kappa shape index (κ3) is 2.36. The maximum Gasteiger partial charge on any atom is 0.244 e. The van der Waals surface area contributed by atoms with Gasteiger partial charge in [0.2, 0.25) is 11.7 Å². The monoisotopic (exact) mass is 263 g/mol. The first-order valence-electron chi connectivity index (χ1n) is 6.15. The number of nitrogens with zero attached hydrogens (tertiary/aromatic N) is 2. The van der Waals surface area contributed by atoms with E-state index in [2.05, 4.69) is 15.5 Å². The molecule has 3 rings (SSSR count). The van der Waals surface area contributed by atoms with Crippen LogP contribution in [-0.4, -0.2) is 27.9 Å². The van der Waals surface area contributed by atoms with Gasteiger partial charge in [0.1, 0.15) is 5.82 Å². The molecule has 1 saturated heterocycles. The van der Waals surface area contributed by atoms with Crippen molar-refractivity contribution in [3.05, 3.63) is 35.5 Å². The summed E-state index contributed by atoms with van der Waals surface area (Å²) in [4.78, 5) is 4.29. The summed E-state index contributed by atoms with van der Waals surface area (Å²) in [5.41, 5.74) is 1.26. The van der Waals surface area contributed by atoms with Crippen LogP contribution in [0.5, 0.6) is 0 Å². The zero-order valence-electron chi connectivity index (χ0n) is 10.4. The highest BCUT2D eigenvalue weighted by Crippen LogP contribution is 2.25. The highest BCUT2D eigenvalue weighted by Gasteiger charge is 2.28. The van der Waals surface area contributed by atoms with Crippen molar-refractivity contribution in [1.29, 1.82) is 0 Å². The van der Waals surface area contributed by atoms with Crippen molar-refractivity contribution in [3.8, 4) is 11.4 Å². The quantitative estimate of drug-likeness (QED) is 0.860. The van der Waals surface area contributed by atoms with Crippen LogP contribution in [0.1, 0.15) is 23.9 Å². The maximum absolute atomic E-state index is 13.2. The number of hydrogen-bond acceptors (Lipinski definition) is 5. The van der Waals surface area contributed by atoms with Crippen LogP contribution < -0.4 is 5.32 Å². The summed E-state index contributed by atoms with van der Waals surface area (Å²) in [7, 11) is 0. The molecule has 2 aromatic rings. The van der Waals surface area contributed by atoms with E-state index < -0.39 is 0 Å². The minimum Gasteiger partial charge on any atom is -0.392 e. The van der Waals surface area contributed by atoms with E-state index >= 15 is 0 Å². The standard InChI is InChI=1S/C13H14FN3O2/c1-7-4-8(2-3-10(7)14)12-16-13(19-17-12)11-5-9(18)6-15-11/h2-4,9,11,15,18H,5-6H2,1H3/t9-,11+/m0/s1. The highest BCUT2D eigenvalue weighted by molar-refractivity contribution is 5.55. The van der Waals surface area contributed by atoms with Crippen LogP contribution in [0.15, 0.2) is 22.7 Å². The fourth-order valence-corrected chi connectivity index (χ4v) is 2.18. The Balaban J connectivity index is 1.86. The number of benzene rings is 1. The first-order chi connectivity index (χ1) is 9.13. The largest absolute Gasteiger partial charge is 0.392 e. The van der Waals surface area contributed by atoms with E-state index in [1.54, 1.807) is 19.1 Å². The lowest BCUT2D eigenvalue weighted by molar-refractivity contribution is 0.191. The van der Waals surface area contributed by atoms with Gasteiger partial charge in [-0.2, -0.15) is 4.98 Å². The molecule has 2 N–H and O–H groups in total. The maximum atomic E-state index is 13.2. The summed E-state index contributed by atoms with van der Waals surface area (Å²) in [5.74, 6) is 0.628. The molecule has 0 bridgehead atoms. The van der Waals surface area contributed by atoms with Crippen LogP contribution in [-0.2, 0) is 0 Å². The molecule has 0 aliphatic carbocycles. The van der Waals surface area contributed by atoms with Crippen molar-refractivity contribution in [2.45, 2.75) is 25.5 Å². The van der Waals surface area contributed by atoms with Gasteiger partial charge in [0, 0.05) is 12.1 Å². The highest BCUT2D eigenvalue weighted by atomic mass is 19.1. The Bertz CT molecular complexity index is 599. The molecule has 0 amide bonds. The number of β-amino-alcohol motifs (C(OH)–C–C–N with tert-alkyl or cyclic N) is 1. The molecule has 1 aliphatic rings. The Hall–Kier alpha value is -1.79.